The summed E-state index contributed by atoms with van der Waals surface area (Å²) in [6, 6.07) is 3.72. The minimum atomic E-state index is -0.912. The molecule has 22 heavy (non-hydrogen) atoms. The van der Waals surface area contributed by atoms with E-state index < -0.39 is 11.9 Å². The van der Waals surface area contributed by atoms with Gasteiger partial charge < -0.3 is 10.0 Å². The molecule has 0 spiro atoms. The first-order valence-electron chi connectivity index (χ1n) is 6.53. The van der Waals surface area contributed by atoms with Crippen LogP contribution >= 0.6 is 34.3 Å². The normalized spacial score (nSPS) is 12.1. The second-order valence-electron chi connectivity index (χ2n) is 4.94. The molecule has 0 aliphatic rings. The van der Waals surface area contributed by atoms with E-state index in [1.807, 2.05) is 17.5 Å². The Labute approximate surface area is 141 Å². The molecule has 0 aromatic carbocycles. The van der Waals surface area contributed by atoms with Gasteiger partial charge in [0, 0.05) is 19.0 Å². The van der Waals surface area contributed by atoms with Crippen molar-refractivity contribution >= 4 is 46.2 Å². The number of rotatable bonds is 6. The Morgan fingerprint density at radius 3 is 2.77 bits per heavy atom. The molecule has 5 nitrogen and oxygen atoms in total. The summed E-state index contributed by atoms with van der Waals surface area (Å²) in [7, 11) is 1.61. The number of hydrogen-bond donors (Lipinski definition) is 1. The summed E-state index contributed by atoms with van der Waals surface area (Å²) in [5, 5.41) is 11.6. The first-order chi connectivity index (χ1) is 10.4. The Balaban J connectivity index is 1.97. The number of carbonyl (C=O) groups is 2. The summed E-state index contributed by atoms with van der Waals surface area (Å²) >= 11 is 8.81. The molecule has 2 heterocycles. The van der Waals surface area contributed by atoms with Gasteiger partial charge in [0.15, 0.2) is 0 Å². The molecule has 0 fully saturated rings. The molecule has 0 radical (unpaired) electrons. The minimum absolute atomic E-state index is 0.144. The molecule has 1 unspecified atom stereocenters. The van der Waals surface area contributed by atoms with Crippen molar-refractivity contribution < 1.29 is 14.7 Å². The summed E-state index contributed by atoms with van der Waals surface area (Å²) in [4.78, 5) is 29.8. The van der Waals surface area contributed by atoms with Gasteiger partial charge in [-0.05, 0) is 12.1 Å². The Kier molecular flexibility index (Phi) is 5.55. The predicted octanol–water partition coefficient (Wildman–Crippen LogP) is 3.25. The second-order valence-corrected chi connectivity index (χ2v) is 7.51. The maximum atomic E-state index is 12.1. The lowest BCUT2D eigenvalue weighted by Crippen LogP contribution is -2.34. The van der Waals surface area contributed by atoms with Crippen LogP contribution in [0.3, 0.4) is 0 Å². The molecule has 0 aliphatic carbocycles. The zero-order chi connectivity index (χ0) is 16.3. The number of hydrogen-bond acceptors (Lipinski definition) is 5. The van der Waals surface area contributed by atoms with Crippen LogP contribution in [0.4, 0.5) is 0 Å². The third-order valence-electron chi connectivity index (χ3n) is 3.06. The minimum Gasteiger partial charge on any atom is -0.481 e. The van der Waals surface area contributed by atoms with Gasteiger partial charge in [0.2, 0.25) is 5.91 Å². The molecule has 2 rings (SSSR count). The van der Waals surface area contributed by atoms with E-state index in [-0.39, 0.29) is 18.9 Å². The fourth-order valence-electron chi connectivity index (χ4n) is 1.81. The van der Waals surface area contributed by atoms with Gasteiger partial charge >= 0.3 is 5.97 Å². The molecule has 0 bridgehead atoms. The van der Waals surface area contributed by atoms with Gasteiger partial charge in [0.05, 0.1) is 27.2 Å². The monoisotopic (exact) mass is 358 g/mol. The van der Waals surface area contributed by atoms with Crippen molar-refractivity contribution in [3.63, 3.8) is 0 Å². The molecule has 118 valence electrons. The van der Waals surface area contributed by atoms with Gasteiger partial charge in [0.1, 0.15) is 5.01 Å². The highest BCUT2D eigenvalue weighted by Crippen LogP contribution is 2.33. The van der Waals surface area contributed by atoms with Crippen molar-refractivity contribution in [2.24, 2.45) is 5.92 Å². The summed E-state index contributed by atoms with van der Waals surface area (Å²) in [5.74, 6) is -1.65. The third kappa shape index (κ3) is 4.28. The highest BCUT2D eigenvalue weighted by molar-refractivity contribution is 7.23. The van der Waals surface area contributed by atoms with Gasteiger partial charge in [-0.2, -0.15) is 0 Å². The van der Waals surface area contributed by atoms with E-state index in [2.05, 4.69) is 4.98 Å². The van der Waals surface area contributed by atoms with Crippen LogP contribution < -0.4 is 0 Å². The largest absolute Gasteiger partial charge is 0.481 e. The molecule has 2 aromatic rings. The quantitative estimate of drug-likeness (QED) is 0.860. The Hall–Kier alpha value is -1.44. The first kappa shape index (κ1) is 16.9. The number of carboxylic acid groups (broad SMARTS) is 1. The fourth-order valence-corrected chi connectivity index (χ4v) is 3.75. The molecule has 1 atom stereocenters. The summed E-state index contributed by atoms with van der Waals surface area (Å²) < 4.78 is 0.699. The molecule has 8 heteroatoms. The van der Waals surface area contributed by atoms with Crippen molar-refractivity contribution in [3.8, 4) is 9.88 Å². The van der Waals surface area contributed by atoms with Gasteiger partial charge in [-0.1, -0.05) is 18.5 Å². The molecule has 0 aliphatic heterocycles. The van der Waals surface area contributed by atoms with Crippen molar-refractivity contribution in [2.45, 2.75) is 13.3 Å². The number of aromatic nitrogens is 1. The molecule has 1 N–H and O–H groups in total. The number of aliphatic carboxylic acids is 1. The van der Waals surface area contributed by atoms with Gasteiger partial charge in [0.25, 0.3) is 0 Å². The molecule has 0 saturated heterocycles. The summed E-state index contributed by atoms with van der Waals surface area (Å²) in [5.41, 5.74) is 0.685. The number of thiophene rings is 1. The average molecular weight is 359 g/mol. The van der Waals surface area contributed by atoms with Gasteiger partial charge in [-0.15, -0.1) is 22.7 Å². The number of amides is 1. The lowest BCUT2D eigenvalue weighted by molar-refractivity contribution is -0.142. The van der Waals surface area contributed by atoms with E-state index in [1.165, 1.54) is 27.6 Å². The molecule has 0 saturated carbocycles. The number of likely N-dealkylation sites (N-methyl/N-ethyl adjacent to an activating group) is 1. The van der Waals surface area contributed by atoms with E-state index in [4.69, 9.17) is 16.7 Å². The van der Waals surface area contributed by atoms with Gasteiger partial charge in [-0.3, -0.25) is 9.59 Å². The first-order valence-corrected chi connectivity index (χ1v) is 8.61. The third-order valence-corrected chi connectivity index (χ3v) is 5.35. The summed E-state index contributed by atoms with van der Waals surface area (Å²) in [6.45, 7) is 1.76. The van der Waals surface area contributed by atoms with Crippen LogP contribution in [0.5, 0.6) is 0 Å². The van der Waals surface area contributed by atoms with E-state index >= 15 is 0 Å². The van der Waals surface area contributed by atoms with Crippen LogP contribution in [-0.4, -0.2) is 40.5 Å². The van der Waals surface area contributed by atoms with Gasteiger partial charge in [-0.25, -0.2) is 4.98 Å². The number of halogens is 1. The SMILES string of the molecule is CC(CN(C)C(=O)Cc1csc(-c2ccc(Cl)s2)n1)C(=O)O. The van der Waals surface area contributed by atoms with Crippen LogP contribution in [-0.2, 0) is 16.0 Å². The van der Waals surface area contributed by atoms with Crippen LogP contribution in [0.25, 0.3) is 9.88 Å². The maximum Gasteiger partial charge on any atom is 0.308 e. The zero-order valence-corrected chi connectivity index (χ0v) is 14.5. The topological polar surface area (TPSA) is 70.5 Å². The van der Waals surface area contributed by atoms with E-state index in [0.29, 0.717) is 10.0 Å². The Bertz CT molecular complexity index is 683. The fraction of sp³-hybridized carbons (Fsp3) is 0.357. The lowest BCUT2D eigenvalue weighted by Gasteiger charge is -2.18. The number of nitrogens with zero attached hydrogens (tertiary/aromatic N) is 2. The maximum absolute atomic E-state index is 12.1. The van der Waals surface area contributed by atoms with Crippen LogP contribution in [0, 0.1) is 5.92 Å². The summed E-state index contributed by atoms with van der Waals surface area (Å²) in [6.07, 6.45) is 0.165. The highest BCUT2D eigenvalue weighted by Gasteiger charge is 2.18. The average Bonchev–Trinajstić information content (AvgIpc) is 3.07. The van der Waals surface area contributed by atoms with Crippen LogP contribution in [0.1, 0.15) is 12.6 Å². The predicted molar refractivity (Wildman–Crippen MR) is 88.6 cm³/mol. The number of carboxylic acids is 1. The Morgan fingerprint density at radius 2 is 2.18 bits per heavy atom. The van der Waals surface area contributed by atoms with Crippen molar-refractivity contribution in [3.05, 3.63) is 27.5 Å². The van der Waals surface area contributed by atoms with Crippen LogP contribution in [0.15, 0.2) is 17.5 Å². The number of carbonyl (C=O) groups excluding carboxylic acids is 1. The second kappa shape index (κ2) is 7.21. The van der Waals surface area contributed by atoms with E-state index in [0.717, 1.165) is 9.88 Å². The molecule has 1 amide bonds. The van der Waals surface area contributed by atoms with Crippen molar-refractivity contribution in [1.29, 1.82) is 0 Å². The molecular weight excluding hydrogens is 344 g/mol. The van der Waals surface area contributed by atoms with Crippen LogP contribution in [0.2, 0.25) is 4.34 Å². The van der Waals surface area contributed by atoms with Crippen molar-refractivity contribution in [1.82, 2.24) is 9.88 Å². The Morgan fingerprint density at radius 1 is 1.45 bits per heavy atom. The molecular formula is C14H15ClN2O3S2. The zero-order valence-electron chi connectivity index (χ0n) is 12.1. The van der Waals surface area contributed by atoms with E-state index in [1.54, 1.807) is 14.0 Å². The number of thiazole rings is 1. The van der Waals surface area contributed by atoms with E-state index in [9.17, 15) is 9.59 Å². The smallest absolute Gasteiger partial charge is 0.308 e. The highest BCUT2D eigenvalue weighted by atomic mass is 35.5. The van der Waals surface area contributed by atoms with Crippen molar-refractivity contribution in [2.75, 3.05) is 13.6 Å². The lowest BCUT2D eigenvalue weighted by atomic mass is 10.1. The molecule has 2 aromatic heterocycles. The standard InChI is InChI=1S/C14H15ClN2O3S2/c1-8(14(19)20)6-17(2)12(18)5-9-7-21-13(16-9)10-3-4-11(15)22-10/h3-4,7-8H,5-6H2,1-2H3,(H,19,20).